The molecule has 1 aliphatic heterocycles. The number of fused-ring (bicyclic) bond motifs is 1. The molecule has 10 nitrogen and oxygen atoms in total. The van der Waals surface area contributed by atoms with Crippen molar-refractivity contribution >= 4 is 23.4 Å². The number of piperidine rings is 1. The van der Waals surface area contributed by atoms with Crippen molar-refractivity contribution in [3.63, 3.8) is 0 Å². The molecule has 3 aromatic rings. The fraction of sp³-hybridized carbons (Fsp3) is 0.455. The first-order chi connectivity index (χ1) is 15.9. The van der Waals surface area contributed by atoms with Gasteiger partial charge in [0.2, 0.25) is 0 Å². The van der Waals surface area contributed by atoms with E-state index in [1.54, 1.807) is 30.0 Å². The number of nitrogens with zero attached hydrogens (tertiary/aromatic N) is 4. The third kappa shape index (κ3) is 5.56. The summed E-state index contributed by atoms with van der Waals surface area (Å²) >= 11 is 5.09. The molecule has 0 bridgehead atoms. The SMILES string of the molecule is COc1cnc2ncc(=O)n(CCN3CC[C@H](O)[C@H](CNCc4cc(=S)c(O)c[nH]4)C3)c2c1. The minimum atomic E-state index is -0.384. The first-order valence-corrected chi connectivity index (χ1v) is 11.3. The van der Waals surface area contributed by atoms with E-state index in [-0.39, 0.29) is 23.3 Å². The van der Waals surface area contributed by atoms with Crippen molar-refractivity contribution < 1.29 is 14.9 Å². The zero-order valence-electron chi connectivity index (χ0n) is 18.4. The molecule has 0 spiro atoms. The number of aromatic nitrogens is 4. The lowest BCUT2D eigenvalue weighted by Gasteiger charge is -2.36. The molecule has 33 heavy (non-hydrogen) atoms. The quantitative estimate of drug-likeness (QED) is 0.355. The third-order valence-corrected chi connectivity index (χ3v) is 6.33. The van der Waals surface area contributed by atoms with E-state index in [0.717, 1.165) is 18.8 Å². The smallest absolute Gasteiger partial charge is 0.269 e. The summed E-state index contributed by atoms with van der Waals surface area (Å²) in [6, 6.07) is 3.50. The maximum Gasteiger partial charge on any atom is 0.269 e. The summed E-state index contributed by atoms with van der Waals surface area (Å²) < 4.78 is 7.32. The van der Waals surface area contributed by atoms with Crippen LogP contribution in [0.1, 0.15) is 12.1 Å². The number of ether oxygens (including phenoxy) is 1. The van der Waals surface area contributed by atoms with Crippen LogP contribution in [0.5, 0.6) is 11.5 Å². The summed E-state index contributed by atoms with van der Waals surface area (Å²) in [6.45, 7) is 3.84. The number of H-pyrrole nitrogens is 1. The average molecular weight is 473 g/mol. The second-order valence-corrected chi connectivity index (χ2v) is 8.66. The highest BCUT2D eigenvalue weighted by Crippen LogP contribution is 2.18. The van der Waals surface area contributed by atoms with Crippen LogP contribution >= 0.6 is 12.2 Å². The first kappa shape index (κ1) is 23.3. The molecular formula is C22H28N6O4S. The van der Waals surface area contributed by atoms with Gasteiger partial charge in [-0.05, 0) is 12.5 Å². The van der Waals surface area contributed by atoms with Crippen molar-refractivity contribution in [3.8, 4) is 11.5 Å². The van der Waals surface area contributed by atoms with Crippen molar-refractivity contribution in [1.29, 1.82) is 0 Å². The van der Waals surface area contributed by atoms with Crippen LogP contribution in [0, 0.1) is 10.4 Å². The van der Waals surface area contributed by atoms with Crippen LogP contribution in [0.4, 0.5) is 0 Å². The maximum atomic E-state index is 12.5. The molecular weight excluding hydrogens is 444 g/mol. The molecule has 11 heteroatoms. The molecule has 0 unspecified atom stereocenters. The molecule has 1 fully saturated rings. The van der Waals surface area contributed by atoms with E-state index >= 15 is 0 Å². The zero-order valence-corrected chi connectivity index (χ0v) is 19.2. The summed E-state index contributed by atoms with van der Waals surface area (Å²) in [6.07, 6.45) is 4.65. The van der Waals surface area contributed by atoms with E-state index in [0.29, 0.717) is 54.0 Å². The van der Waals surface area contributed by atoms with E-state index in [2.05, 4.69) is 25.2 Å². The molecule has 176 valence electrons. The molecule has 2 atom stereocenters. The van der Waals surface area contributed by atoms with Gasteiger partial charge >= 0.3 is 0 Å². The molecule has 4 rings (SSSR count). The molecule has 0 aliphatic carbocycles. The normalized spacial score (nSPS) is 19.1. The highest BCUT2D eigenvalue weighted by molar-refractivity contribution is 7.71. The molecule has 1 aliphatic rings. The van der Waals surface area contributed by atoms with Gasteiger partial charge in [0.15, 0.2) is 5.65 Å². The number of methoxy groups -OCH3 is 1. The number of aliphatic hydroxyl groups is 1. The summed E-state index contributed by atoms with van der Waals surface area (Å²) in [7, 11) is 1.56. The van der Waals surface area contributed by atoms with Crippen LogP contribution in [0.15, 0.2) is 35.5 Å². The number of rotatable bonds is 8. The van der Waals surface area contributed by atoms with E-state index in [1.165, 1.54) is 12.4 Å². The molecule has 0 radical (unpaired) electrons. The molecule has 4 heterocycles. The lowest BCUT2D eigenvalue weighted by atomic mass is 9.94. The van der Waals surface area contributed by atoms with Gasteiger partial charge in [0, 0.05) is 63.1 Å². The highest BCUT2D eigenvalue weighted by atomic mass is 32.1. The Morgan fingerprint density at radius 3 is 2.91 bits per heavy atom. The van der Waals surface area contributed by atoms with Crippen molar-refractivity contribution in [3.05, 3.63) is 51.3 Å². The van der Waals surface area contributed by atoms with Crippen molar-refractivity contribution in [2.45, 2.75) is 25.6 Å². The van der Waals surface area contributed by atoms with Crippen molar-refractivity contribution in [1.82, 2.24) is 29.7 Å². The lowest BCUT2D eigenvalue weighted by molar-refractivity contribution is 0.0257. The predicted molar refractivity (Wildman–Crippen MR) is 126 cm³/mol. The Morgan fingerprint density at radius 2 is 2.12 bits per heavy atom. The van der Waals surface area contributed by atoms with Gasteiger partial charge in [-0.25, -0.2) is 9.97 Å². The van der Waals surface area contributed by atoms with Crippen molar-refractivity contribution in [2.24, 2.45) is 5.92 Å². The van der Waals surface area contributed by atoms with E-state index < -0.39 is 0 Å². The van der Waals surface area contributed by atoms with Gasteiger partial charge in [0.25, 0.3) is 5.56 Å². The lowest BCUT2D eigenvalue weighted by Crippen LogP contribution is -2.48. The number of hydrogen-bond acceptors (Lipinski definition) is 9. The number of pyridine rings is 2. The van der Waals surface area contributed by atoms with Gasteiger partial charge in [-0.3, -0.25) is 4.79 Å². The average Bonchev–Trinajstić information content (AvgIpc) is 2.82. The monoisotopic (exact) mass is 472 g/mol. The Balaban J connectivity index is 1.36. The fourth-order valence-corrected chi connectivity index (χ4v) is 4.31. The zero-order chi connectivity index (χ0) is 23.4. The topological polar surface area (TPSA) is 129 Å². The third-order valence-electron chi connectivity index (χ3n) is 6.00. The second kappa shape index (κ2) is 10.4. The van der Waals surface area contributed by atoms with Gasteiger partial charge in [0.05, 0.1) is 35.6 Å². The van der Waals surface area contributed by atoms with Crippen LogP contribution in [0.2, 0.25) is 0 Å². The van der Waals surface area contributed by atoms with E-state index in [9.17, 15) is 15.0 Å². The van der Waals surface area contributed by atoms with Gasteiger partial charge in [0.1, 0.15) is 11.5 Å². The Morgan fingerprint density at radius 1 is 1.30 bits per heavy atom. The number of aliphatic hydroxyl groups excluding tert-OH is 1. The molecule has 3 aromatic heterocycles. The molecule has 0 aromatic carbocycles. The fourth-order valence-electron chi connectivity index (χ4n) is 4.11. The van der Waals surface area contributed by atoms with E-state index in [1.807, 2.05) is 0 Å². The Hall–Kier alpha value is -2.86. The number of aromatic amines is 1. The first-order valence-electron chi connectivity index (χ1n) is 10.9. The number of likely N-dealkylation sites (tertiary alicyclic amines) is 1. The number of hydrogen-bond donors (Lipinski definition) is 4. The Labute approximate surface area is 195 Å². The Kier molecular flexibility index (Phi) is 7.33. The summed E-state index contributed by atoms with van der Waals surface area (Å²) in [5.41, 5.74) is 1.83. The maximum absolute atomic E-state index is 12.5. The van der Waals surface area contributed by atoms with Crippen molar-refractivity contribution in [2.75, 3.05) is 33.3 Å². The molecule has 4 N–H and O–H groups in total. The molecule has 1 saturated heterocycles. The summed E-state index contributed by atoms with van der Waals surface area (Å²) in [5.74, 6) is 0.693. The molecule has 0 saturated carbocycles. The van der Waals surface area contributed by atoms with Crippen LogP contribution in [-0.2, 0) is 13.1 Å². The summed E-state index contributed by atoms with van der Waals surface area (Å²) in [5, 5.41) is 23.4. The summed E-state index contributed by atoms with van der Waals surface area (Å²) in [4.78, 5) is 26.1. The van der Waals surface area contributed by atoms with Crippen LogP contribution in [-0.4, -0.2) is 74.0 Å². The van der Waals surface area contributed by atoms with Crippen LogP contribution < -0.4 is 15.6 Å². The minimum Gasteiger partial charge on any atom is -0.505 e. The van der Waals surface area contributed by atoms with Gasteiger partial charge in [-0.2, -0.15) is 0 Å². The Bertz CT molecular complexity index is 1230. The number of nitrogens with one attached hydrogen (secondary N) is 2. The highest BCUT2D eigenvalue weighted by Gasteiger charge is 2.27. The standard InChI is InChI=1S/C22H28N6O4S/c1-32-16-7-17-22(25-10-16)26-12-21(31)28(17)5-4-27-3-2-18(29)14(13-27)8-23-9-15-6-20(33)19(30)11-24-15/h6-7,10-12,14,18,23,29-30H,2-5,8-9,13H2,1H3,(H,24,33)/t14-,18+/m1/s1. The number of aromatic hydroxyl groups is 1. The van der Waals surface area contributed by atoms with Gasteiger partial charge < -0.3 is 34.7 Å². The van der Waals surface area contributed by atoms with Crippen LogP contribution in [0.25, 0.3) is 11.2 Å². The van der Waals surface area contributed by atoms with Crippen LogP contribution in [0.3, 0.4) is 0 Å². The van der Waals surface area contributed by atoms with Gasteiger partial charge in [-0.15, -0.1) is 0 Å². The second-order valence-electron chi connectivity index (χ2n) is 8.22. The molecule has 0 amide bonds. The van der Waals surface area contributed by atoms with Gasteiger partial charge in [-0.1, -0.05) is 12.2 Å². The predicted octanol–water partition coefficient (Wildman–Crippen LogP) is 1.04. The minimum absolute atomic E-state index is 0.0578. The largest absolute Gasteiger partial charge is 0.505 e. The van der Waals surface area contributed by atoms with E-state index in [4.69, 9.17) is 17.0 Å².